The summed E-state index contributed by atoms with van der Waals surface area (Å²) >= 11 is 0. The van der Waals surface area contributed by atoms with E-state index in [4.69, 9.17) is 0 Å². The number of carbonyl (C=O) groups is 2. The van der Waals surface area contributed by atoms with Crippen LogP contribution in [0.25, 0.3) is 0 Å². The number of hydrogen-bond acceptors (Lipinski definition) is 3. The average molecular weight is 397 g/mol. The largest absolute Gasteiger partial charge is 0.334 e. The number of halogens is 1. The zero-order valence-electron chi connectivity index (χ0n) is 17.2. The van der Waals surface area contributed by atoms with Crippen molar-refractivity contribution < 1.29 is 14.0 Å². The van der Waals surface area contributed by atoms with Crippen molar-refractivity contribution >= 4 is 11.7 Å². The lowest BCUT2D eigenvalue weighted by Crippen LogP contribution is -2.35. The fourth-order valence-corrected chi connectivity index (χ4v) is 3.80. The van der Waals surface area contributed by atoms with Crippen molar-refractivity contribution in [1.29, 1.82) is 0 Å². The van der Waals surface area contributed by atoms with Gasteiger partial charge < -0.3 is 4.90 Å². The third-order valence-corrected chi connectivity index (χ3v) is 5.60. The Hall–Kier alpha value is -2.53. The Bertz CT molecular complexity index is 843. The van der Waals surface area contributed by atoms with Gasteiger partial charge in [0, 0.05) is 18.7 Å². The number of allylic oxidation sites excluding steroid dienone is 6. The van der Waals surface area contributed by atoms with Crippen LogP contribution < -0.4 is 0 Å². The van der Waals surface area contributed by atoms with E-state index in [1.54, 1.807) is 18.2 Å². The second-order valence-electron chi connectivity index (χ2n) is 7.89. The van der Waals surface area contributed by atoms with Gasteiger partial charge >= 0.3 is 0 Å². The molecule has 154 valence electrons. The maximum Gasteiger partial charge on any atom is 0.254 e. The molecule has 2 aliphatic rings. The Morgan fingerprint density at radius 1 is 1.31 bits per heavy atom. The van der Waals surface area contributed by atoms with Crippen molar-refractivity contribution in [3.63, 3.8) is 0 Å². The van der Waals surface area contributed by atoms with E-state index >= 15 is 0 Å². The summed E-state index contributed by atoms with van der Waals surface area (Å²) in [5.41, 5.74) is 1.91. The fraction of sp³-hybridized carbons (Fsp3) is 0.417. The molecule has 0 spiro atoms. The van der Waals surface area contributed by atoms with E-state index in [-0.39, 0.29) is 23.4 Å². The van der Waals surface area contributed by atoms with Crippen molar-refractivity contribution in [3.8, 4) is 0 Å². The molecule has 0 radical (unpaired) electrons. The number of ketones is 1. The molecule has 1 aromatic carbocycles. The van der Waals surface area contributed by atoms with Crippen LogP contribution in [0.5, 0.6) is 0 Å². The Morgan fingerprint density at radius 3 is 2.86 bits per heavy atom. The van der Waals surface area contributed by atoms with Crippen LogP contribution in [-0.4, -0.2) is 47.7 Å². The number of nitrogens with zero attached hydrogens (tertiary/aromatic N) is 2. The number of carbonyl (C=O) groups excluding carboxylic acids is 2. The molecule has 3 rings (SSSR count). The Kier molecular flexibility index (Phi) is 7.15. The molecular formula is C24H29FN2O2. The highest BCUT2D eigenvalue weighted by Crippen LogP contribution is 2.23. The molecule has 0 saturated carbocycles. The van der Waals surface area contributed by atoms with Gasteiger partial charge in [-0.2, -0.15) is 0 Å². The van der Waals surface area contributed by atoms with Crippen molar-refractivity contribution in [1.82, 2.24) is 9.80 Å². The molecular weight excluding hydrogens is 367 g/mol. The van der Waals surface area contributed by atoms with Crippen LogP contribution in [0.1, 0.15) is 36.2 Å². The highest BCUT2D eigenvalue weighted by atomic mass is 19.1. The van der Waals surface area contributed by atoms with Crippen molar-refractivity contribution in [2.75, 3.05) is 26.2 Å². The molecule has 1 heterocycles. The molecule has 0 N–H and O–H groups in total. The maximum atomic E-state index is 13.3. The summed E-state index contributed by atoms with van der Waals surface area (Å²) in [5, 5.41) is 0. The third-order valence-electron chi connectivity index (χ3n) is 5.60. The number of fused-ring (bicyclic) bond motifs is 1. The van der Waals surface area contributed by atoms with Crippen molar-refractivity contribution in [2.45, 2.75) is 26.8 Å². The molecule has 4 nitrogen and oxygen atoms in total. The Morgan fingerprint density at radius 2 is 2.10 bits per heavy atom. The van der Waals surface area contributed by atoms with E-state index in [0.717, 1.165) is 37.2 Å². The summed E-state index contributed by atoms with van der Waals surface area (Å²) < 4.78 is 13.3. The first-order valence-corrected chi connectivity index (χ1v) is 10.3. The lowest BCUT2D eigenvalue weighted by Gasteiger charge is -2.25. The fourth-order valence-electron chi connectivity index (χ4n) is 3.80. The van der Waals surface area contributed by atoms with E-state index < -0.39 is 0 Å². The van der Waals surface area contributed by atoms with Gasteiger partial charge in [0.25, 0.3) is 5.91 Å². The van der Waals surface area contributed by atoms with E-state index in [1.165, 1.54) is 12.2 Å². The number of rotatable bonds is 9. The van der Waals surface area contributed by atoms with Gasteiger partial charge in [0.15, 0.2) is 5.78 Å². The van der Waals surface area contributed by atoms with Crippen LogP contribution in [0.4, 0.5) is 4.39 Å². The van der Waals surface area contributed by atoms with Gasteiger partial charge in [0.2, 0.25) is 0 Å². The minimum atomic E-state index is -0.383. The van der Waals surface area contributed by atoms with Gasteiger partial charge in [0.05, 0.1) is 12.5 Å². The van der Waals surface area contributed by atoms with Crippen LogP contribution in [0.3, 0.4) is 0 Å². The summed E-state index contributed by atoms with van der Waals surface area (Å²) in [6.07, 6.45) is 8.57. The zero-order chi connectivity index (χ0) is 20.8. The first-order valence-electron chi connectivity index (χ1n) is 10.3. The monoisotopic (exact) mass is 396 g/mol. The molecule has 1 aliphatic heterocycles. The summed E-state index contributed by atoms with van der Waals surface area (Å²) in [7, 11) is 0. The van der Waals surface area contributed by atoms with Crippen LogP contribution in [0.2, 0.25) is 0 Å². The van der Waals surface area contributed by atoms with E-state index in [1.807, 2.05) is 36.1 Å². The van der Waals surface area contributed by atoms with Gasteiger partial charge in [0.1, 0.15) is 5.83 Å². The van der Waals surface area contributed by atoms with E-state index in [2.05, 4.69) is 11.8 Å². The van der Waals surface area contributed by atoms with Gasteiger partial charge in [-0.05, 0) is 49.2 Å². The second-order valence-corrected chi connectivity index (χ2v) is 7.89. The van der Waals surface area contributed by atoms with Crippen LogP contribution >= 0.6 is 0 Å². The van der Waals surface area contributed by atoms with Gasteiger partial charge in [-0.25, -0.2) is 4.39 Å². The highest BCUT2D eigenvalue weighted by molar-refractivity contribution is 5.98. The topological polar surface area (TPSA) is 40.6 Å². The zero-order valence-corrected chi connectivity index (χ0v) is 17.2. The summed E-state index contributed by atoms with van der Waals surface area (Å²) in [6, 6.07) is 7.78. The molecule has 1 aliphatic carbocycles. The number of benzene rings is 1. The molecule has 1 aromatic rings. The smallest absolute Gasteiger partial charge is 0.254 e. The van der Waals surface area contributed by atoms with Crippen LogP contribution in [0.15, 0.2) is 60.5 Å². The molecule has 0 bridgehead atoms. The predicted octanol–water partition coefficient (Wildman–Crippen LogP) is 4.16. The predicted molar refractivity (Wildman–Crippen MR) is 113 cm³/mol. The quantitative estimate of drug-likeness (QED) is 0.629. The van der Waals surface area contributed by atoms with E-state index in [0.29, 0.717) is 19.0 Å². The minimum absolute atomic E-state index is 0.0697. The van der Waals surface area contributed by atoms with Crippen molar-refractivity contribution in [2.24, 2.45) is 11.8 Å². The van der Waals surface area contributed by atoms with Crippen molar-refractivity contribution in [3.05, 3.63) is 71.6 Å². The first-order chi connectivity index (χ1) is 14.0. The highest BCUT2D eigenvalue weighted by Gasteiger charge is 2.27. The van der Waals surface area contributed by atoms with Gasteiger partial charge in [-0.1, -0.05) is 50.3 Å². The molecule has 5 heteroatoms. The molecule has 1 amide bonds. The number of likely N-dealkylation sites (N-methyl/N-ethyl adjacent to an activating group) is 1. The standard InChI is InChI=1S/C24H29FN2O2/c1-3-26(17-23(28)19-8-6-9-21(25)12-11-19)14-13-18(2)15-27-16-20-7-4-5-10-22(20)24(27)29/h4-12,18-19H,3,13-17H2,1-2H3. The number of amides is 1. The SMILES string of the molecule is CCN(CCC(C)CN1Cc2ccccc2C1=O)CC(=O)C1C=CC=C(F)C=C1. The average Bonchev–Trinajstić information content (AvgIpc) is 2.87. The molecule has 0 fully saturated rings. The number of Topliss-reactive ketones (excluding diaryl/α,β-unsaturated/α-hetero) is 1. The summed E-state index contributed by atoms with van der Waals surface area (Å²) in [5.74, 6) is -0.195. The lowest BCUT2D eigenvalue weighted by atomic mass is 10.0. The van der Waals surface area contributed by atoms with Gasteiger partial charge in [-0.3, -0.25) is 14.5 Å². The summed E-state index contributed by atoms with van der Waals surface area (Å²) in [4.78, 5) is 29.1. The molecule has 2 atom stereocenters. The Balaban J connectivity index is 1.46. The molecule has 0 aromatic heterocycles. The minimum Gasteiger partial charge on any atom is -0.334 e. The van der Waals surface area contributed by atoms with Crippen LogP contribution in [-0.2, 0) is 11.3 Å². The number of hydrogen-bond donors (Lipinski definition) is 0. The van der Waals surface area contributed by atoms with Gasteiger partial charge in [-0.15, -0.1) is 0 Å². The normalized spacial score (nSPS) is 19.3. The molecule has 0 saturated heterocycles. The third kappa shape index (κ3) is 5.51. The molecule has 29 heavy (non-hydrogen) atoms. The molecule has 2 unspecified atom stereocenters. The Labute approximate surface area is 172 Å². The maximum absolute atomic E-state index is 13.3. The van der Waals surface area contributed by atoms with Crippen LogP contribution in [0, 0.1) is 11.8 Å². The lowest BCUT2D eigenvalue weighted by molar-refractivity contribution is -0.121. The summed E-state index contributed by atoms with van der Waals surface area (Å²) in [6.45, 7) is 7.51. The first kappa shape index (κ1) is 21.2. The second kappa shape index (κ2) is 9.79. The van der Waals surface area contributed by atoms with E-state index in [9.17, 15) is 14.0 Å².